The molecule has 1 aliphatic carbocycles. The molecule has 1 aliphatic rings. The molecule has 0 fully saturated rings. The molecule has 3 aromatic rings. The molecule has 19 heavy (non-hydrogen) atoms. The van der Waals surface area contributed by atoms with Crippen LogP contribution in [-0.4, -0.2) is 30.5 Å². The van der Waals surface area contributed by atoms with Crippen molar-refractivity contribution >= 4 is 11.5 Å². The Morgan fingerprint density at radius 1 is 1.11 bits per heavy atom. The van der Waals surface area contributed by atoms with Gasteiger partial charge in [-0.1, -0.05) is 31.2 Å². The van der Waals surface area contributed by atoms with Crippen LogP contribution in [0.25, 0.3) is 17.0 Å². The van der Waals surface area contributed by atoms with Crippen LogP contribution in [0.5, 0.6) is 0 Å². The van der Waals surface area contributed by atoms with E-state index >= 15 is 0 Å². The van der Waals surface area contributed by atoms with E-state index in [1.54, 1.807) is 4.52 Å². The van der Waals surface area contributed by atoms with Gasteiger partial charge < -0.3 is 0 Å². The maximum atomic E-state index is 8.21. The molecule has 6 heteroatoms. The number of aryl methyl sites for hydroxylation is 1. The molecule has 2 heterocycles. The summed E-state index contributed by atoms with van der Waals surface area (Å²) in [4.78, 5) is 4.50. The maximum Gasteiger partial charge on any atom is 0.272 e. The lowest BCUT2D eigenvalue weighted by Crippen LogP contribution is -2.07. The second-order valence-electron chi connectivity index (χ2n) is 4.41. The van der Waals surface area contributed by atoms with E-state index in [0.29, 0.717) is 17.2 Å². The summed E-state index contributed by atoms with van der Waals surface area (Å²) in [5, 5.41) is 20.8. The van der Waals surface area contributed by atoms with Gasteiger partial charge in [-0.3, -0.25) is 5.41 Å². The Balaban J connectivity index is 2.09. The first-order valence-corrected chi connectivity index (χ1v) is 6.10. The highest BCUT2D eigenvalue weighted by Gasteiger charge is 2.28. The Labute approximate surface area is 108 Å². The molecule has 0 saturated heterocycles. The summed E-state index contributed by atoms with van der Waals surface area (Å²) in [5.41, 5.74) is 3.55. The topological polar surface area (TPSA) is 79.8 Å². The molecule has 0 atom stereocenters. The van der Waals surface area contributed by atoms with Crippen molar-refractivity contribution in [3.8, 4) is 11.3 Å². The number of nitrogens with zero attached hydrogens (tertiary/aromatic N) is 5. The van der Waals surface area contributed by atoms with Gasteiger partial charge in [-0.25, -0.2) is 4.98 Å². The lowest BCUT2D eigenvalue weighted by molar-refractivity contribution is 0.810. The molecule has 0 aliphatic heterocycles. The minimum Gasteiger partial charge on any atom is -0.298 e. The number of benzene rings is 1. The summed E-state index contributed by atoms with van der Waals surface area (Å²) >= 11 is 0. The predicted octanol–water partition coefficient (Wildman–Crippen LogP) is 1.48. The van der Waals surface area contributed by atoms with Gasteiger partial charge in [-0.05, 0) is 0 Å². The van der Waals surface area contributed by atoms with E-state index in [-0.39, 0.29) is 0 Å². The van der Waals surface area contributed by atoms with Crippen molar-refractivity contribution in [2.24, 2.45) is 0 Å². The first kappa shape index (κ1) is 10.3. The second kappa shape index (κ2) is 3.44. The smallest absolute Gasteiger partial charge is 0.272 e. The fourth-order valence-electron chi connectivity index (χ4n) is 2.39. The zero-order valence-corrected chi connectivity index (χ0v) is 10.3. The zero-order chi connectivity index (χ0) is 13.0. The summed E-state index contributed by atoms with van der Waals surface area (Å²) in [7, 11) is 0. The van der Waals surface area contributed by atoms with Gasteiger partial charge in [0, 0.05) is 17.5 Å². The molecule has 0 bridgehead atoms. The second-order valence-corrected chi connectivity index (χ2v) is 4.41. The molecule has 92 valence electrons. The van der Waals surface area contributed by atoms with E-state index in [4.69, 9.17) is 5.41 Å². The molecule has 0 radical (unpaired) electrons. The Bertz CT molecular complexity index is 832. The van der Waals surface area contributed by atoms with Crippen molar-refractivity contribution < 1.29 is 0 Å². The van der Waals surface area contributed by atoms with Gasteiger partial charge in [-0.15, -0.1) is 10.2 Å². The van der Waals surface area contributed by atoms with Gasteiger partial charge in [0.05, 0.1) is 5.71 Å². The molecule has 1 aromatic carbocycles. The molecule has 6 nitrogen and oxygen atoms in total. The molecule has 4 rings (SSSR count). The zero-order valence-electron chi connectivity index (χ0n) is 10.3. The van der Waals surface area contributed by atoms with Gasteiger partial charge in [0.2, 0.25) is 0 Å². The van der Waals surface area contributed by atoms with E-state index in [1.807, 2.05) is 31.2 Å². The number of hydrogen-bond donors (Lipinski definition) is 1. The Kier molecular flexibility index (Phi) is 1.87. The number of fused-ring (bicyclic) bond motifs is 4. The molecule has 0 saturated carbocycles. The standard InChI is InChI=1S/C13H10N6/c1-2-9-16-17-13-15-11-8-6-4-3-5-7(8)10(14)12(11)18-19(9)13/h3-6,14H,2H2,1H3. The summed E-state index contributed by atoms with van der Waals surface area (Å²) < 4.78 is 1.62. The normalized spacial score (nSPS) is 12.8. The van der Waals surface area contributed by atoms with Crippen molar-refractivity contribution in [3.63, 3.8) is 0 Å². The third-order valence-electron chi connectivity index (χ3n) is 3.33. The van der Waals surface area contributed by atoms with Gasteiger partial charge >= 0.3 is 0 Å². The van der Waals surface area contributed by atoms with E-state index in [9.17, 15) is 0 Å². The third kappa shape index (κ3) is 1.22. The summed E-state index contributed by atoms with van der Waals surface area (Å²) in [5.74, 6) is 1.24. The van der Waals surface area contributed by atoms with E-state index in [2.05, 4.69) is 20.3 Å². The first-order valence-electron chi connectivity index (χ1n) is 6.10. The van der Waals surface area contributed by atoms with Crippen molar-refractivity contribution in [2.75, 3.05) is 0 Å². The van der Waals surface area contributed by atoms with E-state index in [1.165, 1.54) is 0 Å². The van der Waals surface area contributed by atoms with Crippen LogP contribution in [-0.2, 0) is 6.42 Å². The minimum atomic E-state index is 0.413. The lowest BCUT2D eigenvalue weighted by atomic mass is 10.1. The lowest BCUT2D eigenvalue weighted by Gasteiger charge is -2.00. The van der Waals surface area contributed by atoms with Crippen LogP contribution in [0.4, 0.5) is 0 Å². The van der Waals surface area contributed by atoms with Crippen LogP contribution >= 0.6 is 0 Å². The SMILES string of the molecule is CCc1nnc2nc3c(nn12)C(=N)c1ccccc1-3. The average Bonchev–Trinajstić information content (AvgIpc) is 2.98. The largest absolute Gasteiger partial charge is 0.298 e. The Morgan fingerprint density at radius 3 is 2.68 bits per heavy atom. The van der Waals surface area contributed by atoms with Crippen LogP contribution in [0.2, 0.25) is 0 Å². The number of nitrogens with one attached hydrogen (secondary N) is 1. The highest BCUT2D eigenvalue weighted by molar-refractivity contribution is 6.21. The van der Waals surface area contributed by atoms with Crippen molar-refractivity contribution in [3.05, 3.63) is 41.3 Å². The predicted molar refractivity (Wildman–Crippen MR) is 69.3 cm³/mol. The molecule has 0 unspecified atom stereocenters. The summed E-state index contributed by atoms with van der Waals surface area (Å²) in [6.07, 6.45) is 0.731. The van der Waals surface area contributed by atoms with Gasteiger partial charge in [-0.2, -0.15) is 9.61 Å². The van der Waals surface area contributed by atoms with Crippen LogP contribution in [0.15, 0.2) is 24.3 Å². The van der Waals surface area contributed by atoms with Crippen LogP contribution < -0.4 is 0 Å². The molecule has 0 amide bonds. The van der Waals surface area contributed by atoms with Gasteiger partial charge in [0.1, 0.15) is 11.4 Å². The Morgan fingerprint density at radius 2 is 1.89 bits per heavy atom. The number of rotatable bonds is 1. The van der Waals surface area contributed by atoms with Gasteiger partial charge in [0.25, 0.3) is 5.78 Å². The highest BCUT2D eigenvalue weighted by atomic mass is 15.4. The van der Waals surface area contributed by atoms with E-state index in [0.717, 1.165) is 29.1 Å². The summed E-state index contributed by atoms with van der Waals surface area (Å²) in [6, 6.07) is 7.73. The maximum absolute atomic E-state index is 8.21. The number of hydrogen-bond acceptors (Lipinski definition) is 5. The Hall–Kier alpha value is -2.63. The molecule has 2 aromatic heterocycles. The average molecular weight is 250 g/mol. The fourth-order valence-corrected chi connectivity index (χ4v) is 2.39. The summed E-state index contributed by atoms with van der Waals surface area (Å²) in [6.45, 7) is 1.99. The first-order chi connectivity index (χ1) is 9.29. The molecular formula is C13H10N6. The molecular weight excluding hydrogens is 240 g/mol. The van der Waals surface area contributed by atoms with Crippen molar-refractivity contribution in [1.82, 2.24) is 24.8 Å². The van der Waals surface area contributed by atoms with Crippen molar-refractivity contribution in [2.45, 2.75) is 13.3 Å². The molecule has 1 N–H and O–H groups in total. The van der Waals surface area contributed by atoms with E-state index < -0.39 is 0 Å². The number of aromatic nitrogens is 5. The van der Waals surface area contributed by atoms with Crippen molar-refractivity contribution in [1.29, 1.82) is 5.41 Å². The quantitative estimate of drug-likeness (QED) is 0.555. The van der Waals surface area contributed by atoms with Crippen LogP contribution in [0.1, 0.15) is 24.0 Å². The fraction of sp³-hybridized carbons (Fsp3) is 0.154. The highest BCUT2D eigenvalue weighted by Crippen LogP contribution is 2.33. The monoisotopic (exact) mass is 250 g/mol. The third-order valence-corrected chi connectivity index (χ3v) is 3.33. The van der Waals surface area contributed by atoms with Crippen LogP contribution in [0, 0.1) is 5.41 Å². The van der Waals surface area contributed by atoms with Gasteiger partial charge in [0.15, 0.2) is 5.82 Å². The minimum absolute atomic E-state index is 0.413. The molecule has 0 spiro atoms. The van der Waals surface area contributed by atoms with Crippen LogP contribution in [0.3, 0.4) is 0 Å².